The summed E-state index contributed by atoms with van der Waals surface area (Å²) >= 11 is 0. The van der Waals surface area contributed by atoms with Crippen LogP contribution in [0.25, 0.3) is 5.82 Å². The number of halogens is 3. The molecule has 12 heteroatoms. The van der Waals surface area contributed by atoms with E-state index >= 15 is 0 Å². The first-order chi connectivity index (χ1) is 14.6. The van der Waals surface area contributed by atoms with Crippen LogP contribution in [0.2, 0.25) is 0 Å². The zero-order chi connectivity index (χ0) is 22.2. The van der Waals surface area contributed by atoms with Crippen LogP contribution in [-0.2, 0) is 16.2 Å². The number of rotatable bonds is 4. The monoisotopic (exact) mass is 452 g/mol. The molecule has 3 heterocycles. The summed E-state index contributed by atoms with van der Waals surface area (Å²) in [4.78, 5) is 10.3. The first kappa shape index (κ1) is 21.2. The van der Waals surface area contributed by atoms with Crippen molar-refractivity contribution in [2.24, 2.45) is 0 Å². The van der Waals surface area contributed by atoms with Crippen LogP contribution in [0.15, 0.2) is 53.8 Å². The maximum Gasteiger partial charge on any atom is 0.416 e. The van der Waals surface area contributed by atoms with E-state index in [4.69, 9.17) is 0 Å². The Balaban J connectivity index is 1.46. The minimum atomic E-state index is -4.51. The second kappa shape index (κ2) is 7.93. The summed E-state index contributed by atoms with van der Waals surface area (Å²) in [6.45, 7) is 3.00. The summed E-state index contributed by atoms with van der Waals surface area (Å²) in [6.07, 6.45) is -1.30. The molecule has 31 heavy (non-hydrogen) atoms. The molecule has 1 aliphatic rings. The molecular formula is C19H19F3N6O2S. The number of aromatic nitrogens is 4. The Labute approximate surface area is 177 Å². The predicted molar refractivity (Wildman–Crippen MR) is 106 cm³/mol. The van der Waals surface area contributed by atoms with Gasteiger partial charge in [0.15, 0.2) is 5.82 Å². The smallest absolute Gasteiger partial charge is 0.354 e. The van der Waals surface area contributed by atoms with Gasteiger partial charge in [0.05, 0.1) is 16.2 Å². The Kier molecular flexibility index (Phi) is 5.43. The molecule has 0 radical (unpaired) electrons. The van der Waals surface area contributed by atoms with Crippen LogP contribution < -0.4 is 4.90 Å². The molecule has 0 bridgehead atoms. The van der Waals surface area contributed by atoms with Gasteiger partial charge in [-0.25, -0.2) is 23.1 Å². The van der Waals surface area contributed by atoms with Crippen molar-refractivity contribution < 1.29 is 21.6 Å². The van der Waals surface area contributed by atoms with Crippen LogP contribution in [-0.4, -0.2) is 58.7 Å². The average Bonchev–Trinajstić information content (AvgIpc) is 3.20. The lowest BCUT2D eigenvalue weighted by Crippen LogP contribution is -2.49. The van der Waals surface area contributed by atoms with Gasteiger partial charge in [-0.05, 0) is 37.3 Å². The maximum absolute atomic E-state index is 12.8. The highest BCUT2D eigenvalue weighted by atomic mass is 32.2. The van der Waals surface area contributed by atoms with E-state index in [0.29, 0.717) is 24.7 Å². The van der Waals surface area contributed by atoms with Gasteiger partial charge < -0.3 is 4.90 Å². The zero-order valence-corrected chi connectivity index (χ0v) is 17.3. The molecule has 0 N–H and O–H groups in total. The molecule has 8 nitrogen and oxygen atoms in total. The number of aryl methyl sites for hydroxylation is 1. The normalized spacial score (nSPS) is 15.9. The molecule has 0 amide bonds. The third kappa shape index (κ3) is 4.39. The Morgan fingerprint density at radius 1 is 0.935 bits per heavy atom. The van der Waals surface area contributed by atoms with Gasteiger partial charge in [0.25, 0.3) is 0 Å². The number of hydrogen-bond acceptors (Lipinski definition) is 6. The number of alkyl halides is 3. The summed E-state index contributed by atoms with van der Waals surface area (Å²) in [5.74, 6) is 1.24. The quantitative estimate of drug-likeness (QED) is 0.605. The molecule has 0 unspecified atom stereocenters. The minimum absolute atomic E-state index is 0.160. The summed E-state index contributed by atoms with van der Waals surface area (Å²) in [7, 11) is -3.89. The Morgan fingerprint density at radius 3 is 2.16 bits per heavy atom. The van der Waals surface area contributed by atoms with E-state index in [2.05, 4.69) is 15.1 Å². The number of hydrogen-bond donors (Lipinski definition) is 0. The van der Waals surface area contributed by atoms with Crippen LogP contribution in [0, 0.1) is 6.92 Å². The van der Waals surface area contributed by atoms with Gasteiger partial charge in [0.2, 0.25) is 10.0 Å². The van der Waals surface area contributed by atoms with Crippen molar-refractivity contribution in [2.45, 2.75) is 18.0 Å². The van der Waals surface area contributed by atoms with Crippen molar-refractivity contribution in [3.8, 4) is 5.82 Å². The third-order valence-corrected chi connectivity index (χ3v) is 6.89. The fourth-order valence-electron chi connectivity index (χ4n) is 3.30. The van der Waals surface area contributed by atoms with Crippen molar-refractivity contribution in [2.75, 3.05) is 31.1 Å². The molecule has 0 aliphatic carbocycles. The van der Waals surface area contributed by atoms with E-state index in [0.717, 1.165) is 30.0 Å². The van der Waals surface area contributed by atoms with Crippen molar-refractivity contribution in [3.63, 3.8) is 0 Å². The summed E-state index contributed by atoms with van der Waals surface area (Å²) in [5.41, 5.74) is -0.0366. The summed E-state index contributed by atoms with van der Waals surface area (Å²) in [5, 5.41) is 4.32. The number of nitrogens with zero attached hydrogens (tertiary/aromatic N) is 6. The number of anilines is 1. The first-order valence-corrected chi connectivity index (χ1v) is 10.9. The highest BCUT2D eigenvalue weighted by molar-refractivity contribution is 7.89. The highest BCUT2D eigenvalue weighted by Crippen LogP contribution is 2.30. The molecule has 1 aliphatic heterocycles. The second-order valence-electron chi connectivity index (χ2n) is 7.05. The van der Waals surface area contributed by atoms with Gasteiger partial charge in [-0.15, -0.1) is 0 Å². The molecule has 4 rings (SSSR count). The highest BCUT2D eigenvalue weighted by Gasteiger charge is 2.32. The Morgan fingerprint density at radius 2 is 1.58 bits per heavy atom. The van der Waals surface area contributed by atoms with Gasteiger partial charge in [-0.3, -0.25) is 0 Å². The van der Waals surface area contributed by atoms with Crippen LogP contribution in [0.3, 0.4) is 0 Å². The fraction of sp³-hybridized carbons (Fsp3) is 0.316. The van der Waals surface area contributed by atoms with E-state index in [9.17, 15) is 21.6 Å². The van der Waals surface area contributed by atoms with Crippen LogP contribution in [0.1, 0.15) is 11.3 Å². The zero-order valence-electron chi connectivity index (χ0n) is 16.5. The Hall–Kier alpha value is -2.99. The van der Waals surface area contributed by atoms with Gasteiger partial charge in [-0.1, -0.05) is 0 Å². The van der Waals surface area contributed by atoms with Gasteiger partial charge >= 0.3 is 6.18 Å². The van der Waals surface area contributed by atoms with E-state index in [-0.39, 0.29) is 18.0 Å². The summed E-state index contributed by atoms with van der Waals surface area (Å²) < 4.78 is 66.7. The Bertz CT molecular complexity index is 1170. The van der Waals surface area contributed by atoms with Gasteiger partial charge in [-0.2, -0.15) is 22.6 Å². The largest absolute Gasteiger partial charge is 0.416 e. The van der Waals surface area contributed by atoms with Crippen molar-refractivity contribution in [1.29, 1.82) is 0 Å². The van der Waals surface area contributed by atoms with E-state index in [1.165, 1.54) is 10.6 Å². The number of piperazine rings is 1. The average molecular weight is 452 g/mol. The topological polar surface area (TPSA) is 84.2 Å². The second-order valence-corrected chi connectivity index (χ2v) is 8.99. The van der Waals surface area contributed by atoms with Gasteiger partial charge in [0, 0.05) is 38.4 Å². The van der Waals surface area contributed by atoms with E-state index in [1.807, 2.05) is 17.9 Å². The number of sulfonamides is 1. The molecule has 3 aromatic rings. The van der Waals surface area contributed by atoms with Crippen LogP contribution >= 0.6 is 0 Å². The molecule has 1 fully saturated rings. The molecular weight excluding hydrogens is 433 g/mol. The van der Waals surface area contributed by atoms with Crippen LogP contribution in [0.4, 0.5) is 19.0 Å². The molecule has 0 saturated carbocycles. The lowest BCUT2D eigenvalue weighted by molar-refractivity contribution is -0.137. The molecule has 0 atom stereocenters. The minimum Gasteiger partial charge on any atom is -0.354 e. The van der Waals surface area contributed by atoms with E-state index in [1.54, 1.807) is 16.9 Å². The fourth-order valence-corrected chi connectivity index (χ4v) is 4.72. The SMILES string of the molecule is Cc1ccn(-c2cc(N3CCN(S(=O)(=O)c4ccc(C(F)(F)F)cc4)CC3)ncn2)n1. The lowest BCUT2D eigenvalue weighted by atomic mass is 10.2. The maximum atomic E-state index is 12.8. The molecule has 164 valence electrons. The van der Waals surface area contributed by atoms with Crippen molar-refractivity contribution in [3.05, 3.63) is 60.2 Å². The van der Waals surface area contributed by atoms with Gasteiger partial charge in [0.1, 0.15) is 12.1 Å². The van der Waals surface area contributed by atoms with Crippen molar-refractivity contribution >= 4 is 15.8 Å². The third-order valence-electron chi connectivity index (χ3n) is 4.98. The van der Waals surface area contributed by atoms with Crippen LogP contribution in [0.5, 0.6) is 0 Å². The molecule has 2 aromatic heterocycles. The number of benzene rings is 1. The lowest BCUT2D eigenvalue weighted by Gasteiger charge is -2.34. The molecule has 1 aromatic carbocycles. The summed E-state index contributed by atoms with van der Waals surface area (Å²) in [6, 6.07) is 7.17. The molecule has 0 spiro atoms. The van der Waals surface area contributed by atoms with Crippen molar-refractivity contribution in [1.82, 2.24) is 24.1 Å². The first-order valence-electron chi connectivity index (χ1n) is 9.42. The standard InChI is InChI=1S/C19H19F3N6O2S/c1-14-6-7-28(25-14)18-12-17(23-13-24-18)26-8-10-27(11-9-26)31(29,30)16-4-2-15(3-5-16)19(20,21)22/h2-7,12-13H,8-11H2,1H3. The predicted octanol–water partition coefficient (Wildman–Crippen LogP) is 2.50. The molecule has 1 saturated heterocycles. The van der Waals surface area contributed by atoms with E-state index < -0.39 is 21.8 Å².